The van der Waals surface area contributed by atoms with Gasteiger partial charge in [0, 0.05) is 26.2 Å². The van der Waals surface area contributed by atoms with Crippen LogP contribution >= 0.6 is 0 Å². The van der Waals surface area contributed by atoms with Crippen LogP contribution in [0, 0.1) is 0 Å². The number of rotatable bonds is 4. The largest absolute Gasteiger partial charge is 0.324 e. The predicted molar refractivity (Wildman–Crippen MR) is 94.4 cm³/mol. The van der Waals surface area contributed by atoms with Gasteiger partial charge in [0.15, 0.2) is 24.9 Å². The number of nitrogens with zero attached hydrogens (tertiary/aromatic N) is 4. The van der Waals surface area contributed by atoms with Gasteiger partial charge in [-0.2, -0.15) is 34.1 Å². The minimum atomic E-state index is -3.73. The Labute approximate surface area is 165 Å². The first-order valence-corrected chi connectivity index (χ1v) is 12.2. The van der Waals surface area contributed by atoms with Crippen molar-refractivity contribution in [2.75, 3.05) is 26.2 Å². The van der Waals surface area contributed by atoms with E-state index in [1.807, 2.05) is 0 Å². The molecule has 4 aliphatic rings. The van der Waals surface area contributed by atoms with Gasteiger partial charge in [0.25, 0.3) is 20.4 Å². The average molecular weight is 443 g/mol. The van der Waals surface area contributed by atoms with Crippen LogP contribution in [0.15, 0.2) is 0 Å². The van der Waals surface area contributed by atoms with Gasteiger partial charge in [0.2, 0.25) is 12.6 Å². The molecule has 0 aliphatic carbocycles. The maximum Gasteiger partial charge on any atom is 0.286 e. The second-order valence-corrected chi connectivity index (χ2v) is 10.3. The molecule has 14 heteroatoms. The summed E-state index contributed by atoms with van der Waals surface area (Å²) in [4.78, 5) is 0. The standard InChI is InChI=1S/C14H26N4O8S2/c1-5-15-9-10(16(6-2)27(15,19)20)24-14-13(23-9)25-11-12(26-14)18(8-4)28(21,22)17(11)7-3/h9-14H,5-8H2,1-4H3/t9-,10-,11-,12-,13?,14?/m1/s1. The van der Waals surface area contributed by atoms with Gasteiger partial charge in [0.1, 0.15) is 0 Å². The van der Waals surface area contributed by atoms with Crippen molar-refractivity contribution in [1.82, 2.24) is 17.2 Å². The molecule has 0 aromatic heterocycles. The molecule has 0 amide bonds. The summed E-state index contributed by atoms with van der Waals surface area (Å²) >= 11 is 0. The van der Waals surface area contributed by atoms with Crippen LogP contribution in [0.3, 0.4) is 0 Å². The van der Waals surface area contributed by atoms with Crippen LogP contribution < -0.4 is 0 Å². The normalized spacial score (nSPS) is 43.6. The number of likely N-dealkylation sites (N-methyl/N-ethyl adjacent to an activating group) is 4. The van der Waals surface area contributed by atoms with Gasteiger partial charge in [0.05, 0.1) is 0 Å². The molecular weight excluding hydrogens is 416 g/mol. The van der Waals surface area contributed by atoms with Gasteiger partial charge in [-0.1, -0.05) is 27.7 Å². The maximum absolute atomic E-state index is 12.7. The topological polar surface area (TPSA) is 118 Å². The van der Waals surface area contributed by atoms with Crippen LogP contribution in [0.2, 0.25) is 0 Å². The lowest BCUT2D eigenvalue weighted by molar-refractivity contribution is -0.439. The summed E-state index contributed by atoms with van der Waals surface area (Å²) < 4.78 is 79.4. The second-order valence-electron chi connectivity index (χ2n) is 6.67. The van der Waals surface area contributed by atoms with Gasteiger partial charge in [-0.3, -0.25) is 0 Å². The molecule has 0 aromatic carbocycles. The van der Waals surface area contributed by atoms with E-state index in [0.29, 0.717) is 0 Å². The Balaban J connectivity index is 1.64. The summed E-state index contributed by atoms with van der Waals surface area (Å²) in [5.74, 6) is 0. The smallest absolute Gasteiger partial charge is 0.286 e. The molecule has 4 aliphatic heterocycles. The Bertz CT molecular complexity index is 703. The van der Waals surface area contributed by atoms with E-state index in [4.69, 9.17) is 18.9 Å². The molecule has 0 unspecified atom stereocenters. The molecule has 4 heterocycles. The highest BCUT2D eigenvalue weighted by Crippen LogP contribution is 2.42. The minimum absolute atomic E-state index is 0.201. The van der Waals surface area contributed by atoms with E-state index in [9.17, 15) is 16.8 Å². The number of fused-ring (bicyclic) bond motifs is 3. The zero-order valence-corrected chi connectivity index (χ0v) is 17.8. The molecule has 12 nitrogen and oxygen atoms in total. The zero-order chi connectivity index (χ0) is 20.4. The molecule has 4 rings (SSSR count). The number of hydrogen-bond acceptors (Lipinski definition) is 8. The van der Waals surface area contributed by atoms with E-state index in [1.54, 1.807) is 27.7 Å². The molecular formula is C14H26N4O8S2. The summed E-state index contributed by atoms with van der Waals surface area (Å²) in [7, 11) is -7.47. The lowest BCUT2D eigenvalue weighted by atomic mass is 10.3. The van der Waals surface area contributed by atoms with Crippen molar-refractivity contribution < 1.29 is 35.8 Å². The molecule has 162 valence electrons. The van der Waals surface area contributed by atoms with Gasteiger partial charge < -0.3 is 18.9 Å². The lowest BCUT2D eigenvalue weighted by Crippen LogP contribution is -2.62. The van der Waals surface area contributed by atoms with Crippen molar-refractivity contribution in [3.05, 3.63) is 0 Å². The maximum atomic E-state index is 12.7. The fourth-order valence-corrected chi connectivity index (χ4v) is 7.66. The molecule has 0 radical (unpaired) electrons. The van der Waals surface area contributed by atoms with Crippen molar-refractivity contribution in [3.63, 3.8) is 0 Å². The van der Waals surface area contributed by atoms with E-state index < -0.39 is 57.9 Å². The fraction of sp³-hybridized carbons (Fsp3) is 1.00. The van der Waals surface area contributed by atoms with E-state index in [-0.39, 0.29) is 26.2 Å². The zero-order valence-electron chi connectivity index (χ0n) is 16.2. The number of ether oxygens (including phenoxy) is 4. The molecule has 0 spiro atoms. The van der Waals surface area contributed by atoms with E-state index in [1.165, 1.54) is 17.2 Å². The summed E-state index contributed by atoms with van der Waals surface area (Å²) in [6.45, 7) is 7.63. The highest BCUT2D eigenvalue weighted by atomic mass is 32.2. The molecule has 28 heavy (non-hydrogen) atoms. The summed E-state index contributed by atoms with van der Waals surface area (Å²) in [6.07, 6.45) is -5.69. The van der Waals surface area contributed by atoms with Crippen LogP contribution in [-0.2, 0) is 39.4 Å². The van der Waals surface area contributed by atoms with Gasteiger partial charge >= 0.3 is 0 Å². The van der Waals surface area contributed by atoms with Crippen LogP contribution in [0.5, 0.6) is 0 Å². The first-order valence-electron chi connectivity index (χ1n) is 9.41. The Morgan fingerprint density at radius 2 is 0.750 bits per heavy atom. The van der Waals surface area contributed by atoms with E-state index in [0.717, 1.165) is 0 Å². The Hall–Kier alpha value is -0.420. The third-order valence-electron chi connectivity index (χ3n) is 5.37. The van der Waals surface area contributed by atoms with Crippen molar-refractivity contribution in [3.8, 4) is 0 Å². The Kier molecular flexibility index (Phi) is 5.27. The summed E-state index contributed by atoms with van der Waals surface area (Å²) in [5, 5.41) is 0. The molecule has 0 aromatic rings. The van der Waals surface area contributed by atoms with Crippen LogP contribution in [0.1, 0.15) is 27.7 Å². The average Bonchev–Trinajstić information content (AvgIpc) is 2.97. The minimum Gasteiger partial charge on any atom is -0.324 e. The Morgan fingerprint density at radius 3 is 0.929 bits per heavy atom. The lowest BCUT2D eigenvalue weighted by Gasteiger charge is -2.45. The SMILES string of the molecule is CCN1[C@@H]2OC3O[C@@H]4[C@@H](OC3O[C@H]2N(CC)S1(=O)=O)N(CC)S(=O)(=O)N4CC. The monoisotopic (exact) mass is 442 g/mol. The van der Waals surface area contributed by atoms with Crippen molar-refractivity contribution >= 4 is 20.4 Å². The van der Waals surface area contributed by atoms with Crippen molar-refractivity contribution in [2.24, 2.45) is 0 Å². The second kappa shape index (κ2) is 7.08. The quantitative estimate of drug-likeness (QED) is 0.535. The summed E-state index contributed by atoms with van der Waals surface area (Å²) in [6, 6.07) is 0. The third kappa shape index (κ3) is 2.71. The first kappa shape index (κ1) is 20.8. The molecule has 4 fully saturated rings. The highest BCUT2D eigenvalue weighted by Gasteiger charge is 2.63. The summed E-state index contributed by atoms with van der Waals surface area (Å²) in [5.41, 5.74) is 0. The van der Waals surface area contributed by atoms with E-state index in [2.05, 4.69) is 0 Å². The van der Waals surface area contributed by atoms with Crippen molar-refractivity contribution in [2.45, 2.75) is 65.2 Å². The van der Waals surface area contributed by atoms with E-state index >= 15 is 0 Å². The molecule has 4 atom stereocenters. The molecule has 0 saturated carbocycles. The number of hydrogen-bond donors (Lipinski definition) is 0. The van der Waals surface area contributed by atoms with Crippen molar-refractivity contribution in [1.29, 1.82) is 0 Å². The van der Waals surface area contributed by atoms with Gasteiger partial charge in [-0.05, 0) is 0 Å². The predicted octanol–water partition coefficient (Wildman–Crippen LogP) is -1.16. The first-order chi connectivity index (χ1) is 13.2. The fourth-order valence-electron chi connectivity index (χ4n) is 4.15. The third-order valence-corrected chi connectivity index (χ3v) is 9.61. The molecule has 0 bridgehead atoms. The highest BCUT2D eigenvalue weighted by molar-refractivity contribution is 7.87. The van der Waals surface area contributed by atoms with Gasteiger partial charge in [-0.25, -0.2) is 0 Å². The van der Waals surface area contributed by atoms with Crippen LogP contribution in [0.4, 0.5) is 0 Å². The van der Waals surface area contributed by atoms with Crippen LogP contribution in [-0.4, -0.2) is 97.7 Å². The molecule has 0 N–H and O–H groups in total. The van der Waals surface area contributed by atoms with Crippen LogP contribution in [0.25, 0.3) is 0 Å². The van der Waals surface area contributed by atoms with Gasteiger partial charge in [-0.15, -0.1) is 0 Å². The molecule has 4 saturated heterocycles. The Morgan fingerprint density at radius 1 is 0.536 bits per heavy atom.